The fourth-order valence-electron chi connectivity index (χ4n) is 2.69. The van der Waals surface area contributed by atoms with Gasteiger partial charge in [0, 0.05) is 22.7 Å². The second-order valence-electron chi connectivity index (χ2n) is 5.75. The van der Waals surface area contributed by atoms with Gasteiger partial charge in [0.1, 0.15) is 5.75 Å². The van der Waals surface area contributed by atoms with Crippen molar-refractivity contribution in [1.29, 1.82) is 0 Å². The van der Waals surface area contributed by atoms with E-state index < -0.39 is 0 Å². The molecule has 124 valence electrons. The minimum Gasteiger partial charge on any atom is -0.494 e. The Bertz CT molecular complexity index is 766. The first kappa shape index (κ1) is 16.6. The summed E-state index contributed by atoms with van der Waals surface area (Å²) < 4.78 is 5.59. The number of ether oxygens (including phenoxy) is 1. The monoisotopic (exact) mass is 341 g/mol. The Kier molecular flexibility index (Phi) is 5.21. The van der Waals surface area contributed by atoms with Crippen molar-refractivity contribution in [3.8, 4) is 5.75 Å². The standard InChI is InChI=1S/C20H20ClNO2/c1-2-11-24-16-6-3-14(4-7-16)13-18-17-12-15(9-10-21)5-8-19(17)22-20(18)23/h3-8,12-13H,2,9-11H2,1H3,(H,22,23). The van der Waals surface area contributed by atoms with Crippen molar-refractivity contribution in [3.63, 3.8) is 0 Å². The third-order valence-corrected chi connectivity index (χ3v) is 4.10. The number of anilines is 1. The quantitative estimate of drug-likeness (QED) is 0.608. The Morgan fingerprint density at radius 3 is 2.67 bits per heavy atom. The Morgan fingerprint density at radius 1 is 1.17 bits per heavy atom. The molecule has 1 heterocycles. The average Bonchev–Trinajstić information content (AvgIpc) is 2.90. The van der Waals surface area contributed by atoms with Crippen LogP contribution in [-0.4, -0.2) is 18.4 Å². The molecule has 0 radical (unpaired) electrons. The molecule has 0 bridgehead atoms. The van der Waals surface area contributed by atoms with Crippen LogP contribution in [0.3, 0.4) is 0 Å². The lowest BCUT2D eigenvalue weighted by Crippen LogP contribution is -2.03. The number of carbonyl (C=O) groups is 1. The Hall–Kier alpha value is -2.26. The number of benzene rings is 2. The average molecular weight is 342 g/mol. The van der Waals surface area contributed by atoms with Crippen molar-refractivity contribution in [3.05, 3.63) is 59.2 Å². The molecule has 3 nitrogen and oxygen atoms in total. The minimum atomic E-state index is -0.0701. The number of amides is 1. The highest BCUT2D eigenvalue weighted by molar-refractivity contribution is 6.35. The van der Waals surface area contributed by atoms with Crippen LogP contribution in [0, 0.1) is 0 Å². The van der Waals surface area contributed by atoms with Gasteiger partial charge in [-0.1, -0.05) is 25.1 Å². The highest BCUT2D eigenvalue weighted by Gasteiger charge is 2.24. The van der Waals surface area contributed by atoms with E-state index in [1.807, 2.05) is 48.5 Å². The predicted molar refractivity (Wildman–Crippen MR) is 99.6 cm³/mol. The number of alkyl halides is 1. The Morgan fingerprint density at radius 2 is 1.96 bits per heavy atom. The second-order valence-corrected chi connectivity index (χ2v) is 6.13. The molecule has 0 saturated carbocycles. The van der Waals surface area contributed by atoms with Crippen LogP contribution < -0.4 is 10.1 Å². The van der Waals surface area contributed by atoms with E-state index in [-0.39, 0.29) is 5.91 Å². The molecule has 0 unspecified atom stereocenters. The first-order valence-corrected chi connectivity index (χ1v) is 8.70. The lowest BCUT2D eigenvalue weighted by Gasteiger charge is -2.05. The topological polar surface area (TPSA) is 38.3 Å². The van der Waals surface area contributed by atoms with Gasteiger partial charge in [-0.25, -0.2) is 0 Å². The lowest BCUT2D eigenvalue weighted by molar-refractivity contribution is -0.110. The summed E-state index contributed by atoms with van der Waals surface area (Å²) in [6.45, 7) is 2.78. The molecule has 2 aromatic rings. The first-order chi connectivity index (χ1) is 11.7. The smallest absolute Gasteiger partial charge is 0.256 e. The zero-order valence-electron chi connectivity index (χ0n) is 13.6. The largest absolute Gasteiger partial charge is 0.494 e. The number of hydrogen-bond acceptors (Lipinski definition) is 2. The van der Waals surface area contributed by atoms with Gasteiger partial charge in [0.05, 0.1) is 6.61 Å². The number of fused-ring (bicyclic) bond motifs is 1. The van der Waals surface area contributed by atoms with Gasteiger partial charge in [-0.05, 0) is 54.3 Å². The van der Waals surface area contributed by atoms with Crippen LogP contribution in [0.5, 0.6) is 5.75 Å². The van der Waals surface area contributed by atoms with E-state index in [1.165, 1.54) is 0 Å². The molecule has 0 aliphatic carbocycles. The van der Waals surface area contributed by atoms with Crippen LogP contribution in [0.15, 0.2) is 42.5 Å². The molecule has 0 saturated heterocycles. The summed E-state index contributed by atoms with van der Waals surface area (Å²) in [7, 11) is 0. The zero-order chi connectivity index (χ0) is 16.9. The van der Waals surface area contributed by atoms with Gasteiger partial charge in [-0.2, -0.15) is 0 Å². The van der Waals surface area contributed by atoms with E-state index in [0.717, 1.165) is 41.0 Å². The van der Waals surface area contributed by atoms with Gasteiger partial charge in [-0.15, -0.1) is 11.6 Å². The van der Waals surface area contributed by atoms with Crippen molar-refractivity contribution in [2.75, 3.05) is 17.8 Å². The number of rotatable bonds is 6. The number of hydrogen-bond donors (Lipinski definition) is 1. The van der Waals surface area contributed by atoms with Crippen LogP contribution in [0.2, 0.25) is 0 Å². The van der Waals surface area contributed by atoms with Gasteiger partial charge in [0.25, 0.3) is 5.91 Å². The first-order valence-electron chi connectivity index (χ1n) is 8.16. The van der Waals surface area contributed by atoms with E-state index in [9.17, 15) is 4.79 Å². The van der Waals surface area contributed by atoms with Crippen molar-refractivity contribution in [2.24, 2.45) is 0 Å². The molecule has 2 aromatic carbocycles. The van der Waals surface area contributed by atoms with E-state index in [4.69, 9.17) is 16.3 Å². The summed E-state index contributed by atoms with van der Waals surface area (Å²) in [6, 6.07) is 13.8. The Balaban J connectivity index is 1.88. The molecule has 0 fully saturated rings. The molecule has 4 heteroatoms. The van der Waals surface area contributed by atoms with Crippen LogP contribution in [0.1, 0.15) is 30.0 Å². The van der Waals surface area contributed by atoms with E-state index in [2.05, 4.69) is 12.2 Å². The zero-order valence-corrected chi connectivity index (χ0v) is 14.4. The summed E-state index contributed by atoms with van der Waals surface area (Å²) >= 11 is 5.82. The van der Waals surface area contributed by atoms with Gasteiger partial charge >= 0.3 is 0 Å². The fourth-order valence-corrected chi connectivity index (χ4v) is 2.91. The maximum Gasteiger partial charge on any atom is 0.256 e. The molecule has 0 atom stereocenters. The normalized spacial score (nSPS) is 14.6. The Labute approximate surface area is 147 Å². The summed E-state index contributed by atoms with van der Waals surface area (Å²) in [5.74, 6) is 1.34. The van der Waals surface area contributed by atoms with Gasteiger partial charge < -0.3 is 10.1 Å². The van der Waals surface area contributed by atoms with Crippen LogP contribution in [0.25, 0.3) is 11.6 Å². The van der Waals surface area contributed by atoms with Gasteiger partial charge in [-0.3, -0.25) is 4.79 Å². The molecular formula is C20H20ClNO2. The molecule has 1 amide bonds. The third-order valence-electron chi connectivity index (χ3n) is 3.91. The van der Waals surface area contributed by atoms with Crippen LogP contribution in [0.4, 0.5) is 5.69 Å². The summed E-state index contributed by atoms with van der Waals surface area (Å²) in [5.41, 5.74) is 4.58. The van der Waals surface area contributed by atoms with E-state index in [1.54, 1.807) is 0 Å². The molecule has 0 spiro atoms. The lowest BCUT2D eigenvalue weighted by atomic mass is 10.0. The minimum absolute atomic E-state index is 0.0701. The number of carbonyl (C=O) groups excluding carboxylic acids is 1. The maximum absolute atomic E-state index is 12.3. The highest BCUT2D eigenvalue weighted by atomic mass is 35.5. The highest BCUT2D eigenvalue weighted by Crippen LogP contribution is 2.34. The number of aryl methyl sites for hydroxylation is 1. The van der Waals surface area contributed by atoms with Gasteiger partial charge in [0.15, 0.2) is 0 Å². The van der Waals surface area contributed by atoms with Crippen LogP contribution in [-0.2, 0) is 11.2 Å². The van der Waals surface area contributed by atoms with Crippen molar-refractivity contribution in [2.45, 2.75) is 19.8 Å². The van der Waals surface area contributed by atoms with E-state index >= 15 is 0 Å². The van der Waals surface area contributed by atoms with Crippen molar-refractivity contribution in [1.82, 2.24) is 0 Å². The second kappa shape index (κ2) is 7.54. The molecule has 1 aliphatic heterocycles. The SMILES string of the molecule is CCCOc1ccc(C=C2C(=O)Nc3ccc(CCCl)cc32)cc1. The maximum atomic E-state index is 12.3. The summed E-state index contributed by atoms with van der Waals surface area (Å²) in [6.07, 6.45) is 3.68. The van der Waals surface area contributed by atoms with Crippen molar-refractivity contribution < 1.29 is 9.53 Å². The third kappa shape index (κ3) is 3.62. The molecule has 24 heavy (non-hydrogen) atoms. The van der Waals surface area contributed by atoms with Crippen molar-refractivity contribution >= 4 is 34.8 Å². The molecule has 1 aliphatic rings. The molecule has 1 N–H and O–H groups in total. The molecule has 0 aromatic heterocycles. The summed E-state index contributed by atoms with van der Waals surface area (Å²) in [5, 5.41) is 2.91. The predicted octanol–water partition coefficient (Wildman–Crippen LogP) is 4.75. The molecule has 3 rings (SSSR count). The number of halogens is 1. The summed E-state index contributed by atoms with van der Waals surface area (Å²) in [4.78, 5) is 12.3. The van der Waals surface area contributed by atoms with E-state index in [0.29, 0.717) is 18.1 Å². The fraction of sp³-hybridized carbons (Fsp3) is 0.250. The molecular weight excluding hydrogens is 322 g/mol. The van der Waals surface area contributed by atoms with Gasteiger partial charge in [0.2, 0.25) is 0 Å². The van der Waals surface area contributed by atoms with Crippen LogP contribution >= 0.6 is 11.6 Å². The number of nitrogens with one attached hydrogen (secondary N) is 1.